The van der Waals surface area contributed by atoms with Crippen molar-refractivity contribution in [2.24, 2.45) is 0 Å². The standard InChI is InChI=1S/C9H19N3O2/c1-14-9(13)11-3-2-6-12-7-4-10-5-8-12/h10H,2-8H2,1H3,(H,11,13). The molecular weight excluding hydrogens is 182 g/mol. The molecular formula is C9H19N3O2. The fourth-order valence-corrected chi connectivity index (χ4v) is 1.50. The molecule has 0 aromatic carbocycles. The molecule has 1 amide bonds. The van der Waals surface area contributed by atoms with Crippen LogP contribution in [0.5, 0.6) is 0 Å². The molecule has 82 valence electrons. The van der Waals surface area contributed by atoms with Crippen LogP contribution in [0.4, 0.5) is 4.79 Å². The Balaban J connectivity index is 1.94. The molecule has 0 unspecified atom stereocenters. The van der Waals surface area contributed by atoms with Gasteiger partial charge in [0.05, 0.1) is 7.11 Å². The van der Waals surface area contributed by atoms with Gasteiger partial charge in [0.25, 0.3) is 0 Å². The number of carbonyl (C=O) groups excluding carboxylic acids is 1. The summed E-state index contributed by atoms with van der Waals surface area (Å²) in [6.07, 6.45) is 0.639. The van der Waals surface area contributed by atoms with Crippen LogP contribution < -0.4 is 10.6 Å². The van der Waals surface area contributed by atoms with Crippen LogP contribution >= 0.6 is 0 Å². The molecule has 14 heavy (non-hydrogen) atoms. The highest BCUT2D eigenvalue weighted by Gasteiger charge is 2.08. The minimum atomic E-state index is -0.342. The molecule has 1 fully saturated rings. The molecule has 0 atom stereocenters. The van der Waals surface area contributed by atoms with Crippen LogP contribution in [0, 0.1) is 0 Å². The zero-order valence-electron chi connectivity index (χ0n) is 8.71. The Bertz CT molecular complexity index is 169. The molecule has 0 aliphatic carbocycles. The number of hydrogen-bond donors (Lipinski definition) is 2. The van der Waals surface area contributed by atoms with E-state index in [1.807, 2.05) is 0 Å². The number of hydrogen-bond acceptors (Lipinski definition) is 4. The molecule has 0 bridgehead atoms. The number of nitrogens with one attached hydrogen (secondary N) is 2. The van der Waals surface area contributed by atoms with Gasteiger partial charge in [-0.05, 0) is 13.0 Å². The molecule has 5 nitrogen and oxygen atoms in total. The second-order valence-electron chi connectivity index (χ2n) is 3.36. The molecule has 2 N–H and O–H groups in total. The third-order valence-corrected chi connectivity index (χ3v) is 2.32. The number of alkyl carbamates (subject to hydrolysis) is 1. The van der Waals surface area contributed by atoms with Crippen LogP contribution in [-0.4, -0.2) is 57.4 Å². The molecule has 5 heteroatoms. The zero-order chi connectivity index (χ0) is 10.2. The minimum Gasteiger partial charge on any atom is -0.453 e. The summed E-state index contributed by atoms with van der Waals surface area (Å²) in [7, 11) is 1.38. The first-order valence-electron chi connectivity index (χ1n) is 5.08. The van der Waals surface area contributed by atoms with E-state index in [0.717, 1.165) is 39.1 Å². The first kappa shape index (κ1) is 11.3. The summed E-state index contributed by atoms with van der Waals surface area (Å²) in [5, 5.41) is 5.97. The SMILES string of the molecule is COC(=O)NCCCN1CCNCC1. The van der Waals surface area contributed by atoms with Gasteiger partial charge in [-0.1, -0.05) is 0 Å². The topological polar surface area (TPSA) is 53.6 Å². The van der Waals surface area contributed by atoms with E-state index in [4.69, 9.17) is 0 Å². The number of rotatable bonds is 4. The lowest BCUT2D eigenvalue weighted by molar-refractivity contribution is 0.169. The van der Waals surface area contributed by atoms with Crippen LogP contribution in [0.15, 0.2) is 0 Å². The molecule has 1 aliphatic rings. The van der Waals surface area contributed by atoms with Crippen LogP contribution in [0.3, 0.4) is 0 Å². The summed E-state index contributed by atoms with van der Waals surface area (Å²) in [4.78, 5) is 13.1. The van der Waals surface area contributed by atoms with Gasteiger partial charge in [-0.2, -0.15) is 0 Å². The molecule has 1 heterocycles. The molecule has 0 saturated carbocycles. The van der Waals surface area contributed by atoms with Crippen molar-refractivity contribution in [1.82, 2.24) is 15.5 Å². The maximum Gasteiger partial charge on any atom is 0.406 e. The quantitative estimate of drug-likeness (QED) is 0.610. The first-order valence-corrected chi connectivity index (χ1v) is 5.08. The summed E-state index contributed by atoms with van der Waals surface area (Å²) in [6.45, 7) is 6.10. The number of amides is 1. The molecule has 1 saturated heterocycles. The molecule has 0 radical (unpaired) electrons. The van der Waals surface area contributed by atoms with Gasteiger partial charge in [0.1, 0.15) is 0 Å². The molecule has 0 aromatic heterocycles. The van der Waals surface area contributed by atoms with Gasteiger partial charge in [0, 0.05) is 32.7 Å². The first-order chi connectivity index (χ1) is 6.83. The molecule has 1 rings (SSSR count). The number of piperazine rings is 1. The van der Waals surface area contributed by atoms with E-state index in [9.17, 15) is 4.79 Å². The summed E-state index contributed by atoms with van der Waals surface area (Å²) < 4.78 is 4.47. The highest BCUT2D eigenvalue weighted by molar-refractivity contribution is 5.66. The van der Waals surface area contributed by atoms with E-state index in [1.165, 1.54) is 7.11 Å². The highest BCUT2D eigenvalue weighted by atomic mass is 16.5. The van der Waals surface area contributed by atoms with E-state index in [0.29, 0.717) is 6.54 Å². The van der Waals surface area contributed by atoms with Crippen molar-refractivity contribution in [3.63, 3.8) is 0 Å². The predicted molar refractivity (Wildman–Crippen MR) is 54.3 cm³/mol. The molecule has 0 aromatic rings. The van der Waals surface area contributed by atoms with Crippen molar-refractivity contribution in [2.75, 3.05) is 46.4 Å². The van der Waals surface area contributed by atoms with Crippen LogP contribution in [0.1, 0.15) is 6.42 Å². The van der Waals surface area contributed by atoms with Crippen LogP contribution in [-0.2, 0) is 4.74 Å². The normalized spacial score (nSPS) is 17.8. The second kappa shape index (κ2) is 6.62. The average molecular weight is 201 g/mol. The Hall–Kier alpha value is -0.810. The number of carbonyl (C=O) groups is 1. The largest absolute Gasteiger partial charge is 0.453 e. The van der Waals surface area contributed by atoms with Crippen molar-refractivity contribution < 1.29 is 9.53 Å². The van der Waals surface area contributed by atoms with E-state index < -0.39 is 0 Å². The van der Waals surface area contributed by atoms with E-state index in [2.05, 4.69) is 20.3 Å². The van der Waals surface area contributed by atoms with Crippen LogP contribution in [0.25, 0.3) is 0 Å². The Labute approximate surface area is 84.8 Å². The maximum absolute atomic E-state index is 10.7. The van der Waals surface area contributed by atoms with Crippen molar-refractivity contribution in [1.29, 1.82) is 0 Å². The van der Waals surface area contributed by atoms with Gasteiger partial charge in [-0.15, -0.1) is 0 Å². The second-order valence-corrected chi connectivity index (χ2v) is 3.36. The fourth-order valence-electron chi connectivity index (χ4n) is 1.50. The van der Waals surface area contributed by atoms with Crippen molar-refractivity contribution in [2.45, 2.75) is 6.42 Å². The summed E-state index contributed by atoms with van der Waals surface area (Å²) in [5.41, 5.74) is 0. The van der Waals surface area contributed by atoms with Crippen molar-refractivity contribution >= 4 is 6.09 Å². The molecule has 0 spiro atoms. The monoisotopic (exact) mass is 201 g/mol. The van der Waals surface area contributed by atoms with Crippen molar-refractivity contribution in [3.05, 3.63) is 0 Å². The van der Waals surface area contributed by atoms with Gasteiger partial charge in [0.2, 0.25) is 0 Å². The fraction of sp³-hybridized carbons (Fsp3) is 0.889. The Morgan fingerprint density at radius 2 is 2.21 bits per heavy atom. The van der Waals surface area contributed by atoms with Gasteiger partial charge in [-0.25, -0.2) is 4.79 Å². The smallest absolute Gasteiger partial charge is 0.406 e. The Kier molecular flexibility index (Phi) is 5.32. The Morgan fingerprint density at radius 3 is 2.86 bits per heavy atom. The van der Waals surface area contributed by atoms with Gasteiger partial charge in [0.15, 0.2) is 0 Å². The lowest BCUT2D eigenvalue weighted by atomic mass is 10.3. The van der Waals surface area contributed by atoms with Gasteiger partial charge >= 0.3 is 6.09 Å². The number of ether oxygens (including phenoxy) is 1. The van der Waals surface area contributed by atoms with E-state index in [-0.39, 0.29) is 6.09 Å². The summed E-state index contributed by atoms with van der Waals surface area (Å²) in [5.74, 6) is 0. The third-order valence-electron chi connectivity index (χ3n) is 2.32. The minimum absolute atomic E-state index is 0.342. The summed E-state index contributed by atoms with van der Waals surface area (Å²) in [6, 6.07) is 0. The average Bonchev–Trinajstić information content (AvgIpc) is 2.25. The highest BCUT2D eigenvalue weighted by Crippen LogP contribution is 1.93. The lowest BCUT2D eigenvalue weighted by Gasteiger charge is -2.26. The third kappa shape index (κ3) is 4.43. The van der Waals surface area contributed by atoms with Crippen molar-refractivity contribution in [3.8, 4) is 0 Å². The molecule has 1 aliphatic heterocycles. The lowest BCUT2D eigenvalue weighted by Crippen LogP contribution is -2.44. The van der Waals surface area contributed by atoms with E-state index in [1.54, 1.807) is 0 Å². The number of nitrogens with zero attached hydrogens (tertiary/aromatic N) is 1. The Morgan fingerprint density at radius 1 is 1.50 bits per heavy atom. The van der Waals surface area contributed by atoms with Gasteiger partial charge in [-0.3, -0.25) is 0 Å². The predicted octanol–water partition coefficient (Wildman–Crippen LogP) is -0.362. The van der Waals surface area contributed by atoms with Gasteiger partial charge < -0.3 is 20.3 Å². The van der Waals surface area contributed by atoms with E-state index >= 15 is 0 Å². The number of methoxy groups -OCH3 is 1. The summed E-state index contributed by atoms with van der Waals surface area (Å²) >= 11 is 0. The zero-order valence-corrected chi connectivity index (χ0v) is 8.71. The maximum atomic E-state index is 10.7. The van der Waals surface area contributed by atoms with Crippen LogP contribution in [0.2, 0.25) is 0 Å².